The molecule has 24 heavy (non-hydrogen) atoms. The van der Waals surface area contributed by atoms with E-state index >= 15 is 0 Å². The van der Waals surface area contributed by atoms with E-state index in [1.807, 2.05) is 6.92 Å². The van der Waals surface area contributed by atoms with E-state index in [1.54, 1.807) is 0 Å². The maximum absolute atomic E-state index is 13.8. The van der Waals surface area contributed by atoms with Gasteiger partial charge < -0.3 is 15.0 Å². The van der Waals surface area contributed by atoms with Crippen LogP contribution in [0.4, 0.5) is 8.78 Å². The Bertz CT molecular complexity index is 633. The molecule has 3 fully saturated rings. The van der Waals surface area contributed by atoms with Crippen molar-refractivity contribution >= 4 is 5.96 Å². The maximum atomic E-state index is 13.8. The predicted octanol–water partition coefficient (Wildman–Crippen LogP) is 2.54. The van der Waals surface area contributed by atoms with E-state index in [2.05, 4.69) is 15.2 Å². The lowest BCUT2D eigenvalue weighted by atomic mass is 9.82. The number of ether oxygens (including phenoxy) is 1. The van der Waals surface area contributed by atoms with E-state index in [4.69, 9.17) is 4.74 Å². The summed E-state index contributed by atoms with van der Waals surface area (Å²) < 4.78 is 32.8. The van der Waals surface area contributed by atoms with Gasteiger partial charge in [0, 0.05) is 43.1 Å². The summed E-state index contributed by atoms with van der Waals surface area (Å²) in [7, 11) is 0. The lowest BCUT2D eigenvalue weighted by Gasteiger charge is -2.23. The molecule has 0 saturated carbocycles. The van der Waals surface area contributed by atoms with Crippen LogP contribution in [0.2, 0.25) is 0 Å². The Kier molecular flexibility index (Phi) is 4.16. The number of hydrogen-bond acceptors (Lipinski definition) is 2. The smallest absolute Gasteiger partial charge is 0.194 e. The van der Waals surface area contributed by atoms with Crippen molar-refractivity contribution in [3.8, 4) is 0 Å². The molecule has 130 valence electrons. The molecule has 4 unspecified atom stereocenters. The Labute approximate surface area is 140 Å². The molecule has 4 atom stereocenters. The van der Waals surface area contributed by atoms with Crippen LogP contribution in [0.3, 0.4) is 0 Å². The highest BCUT2D eigenvalue weighted by molar-refractivity contribution is 5.80. The SMILES string of the molecule is CCNC(=NCc1ccc(F)cc1F)N1CC2C3CCC(O3)C2C1. The topological polar surface area (TPSA) is 36.9 Å². The molecular formula is C18H23F2N3O. The van der Waals surface area contributed by atoms with Crippen LogP contribution in [0, 0.1) is 23.5 Å². The van der Waals surface area contributed by atoms with Gasteiger partial charge in [0.05, 0.1) is 18.8 Å². The van der Waals surface area contributed by atoms with Gasteiger partial charge in [-0.25, -0.2) is 13.8 Å². The van der Waals surface area contributed by atoms with E-state index in [1.165, 1.54) is 25.0 Å². The van der Waals surface area contributed by atoms with Gasteiger partial charge in [0.1, 0.15) is 11.6 Å². The van der Waals surface area contributed by atoms with Crippen LogP contribution in [0.25, 0.3) is 0 Å². The fraction of sp³-hybridized carbons (Fsp3) is 0.611. The zero-order valence-corrected chi connectivity index (χ0v) is 13.8. The number of fused-ring (bicyclic) bond motifs is 5. The molecule has 0 amide bonds. The third-order valence-electron chi connectivity index (χ3n) is 5.50. The Morgan fingerprint density at radius 1 is 1.25 bits per heavy atom. The van der Waals surface area contributed by atoms with Crippen LogP contribution >= 0.6 is 0 Å². The summed E-state index contributed by atoms with van der Waals surface area (Å²) in [6.07, 6.45) is 3.16. The second-order valence-corrected chi connectivity index (χ2v) is 6.93. The largest absolute Gasteiger partial charge is 0.374 e. The average molecular weight is 335 g/mol. The molecule has 3 heterocycles. The number of guanidine groups is 1. The average Bonchev–Trinajstić information content (AvgIpc) is 3.25. The maximum Gasteiger partial charge on any atom is 0.194 e. The van der Waals surface area contributed by atoms with Gasteiger partial charge in [0.15, 0.2) is 5.96 Å². The number of nitrogens with one attached hydrogen (secondary N) is 1. The minimum Gasteiger partial charge on any atom is -0.374 e. The molecule has 6 heteroatoms. The van der Waals surface area contributed by atoms with Crippen LogP contribution in [-0.2, 0) is 11.3 Å². The van der Waals surface area contributed by atoms with Crippen LogP contribution in [0.1, 0.15) is 25.3 Å². The Morgan fingerprint density at radius 2 is 1.96 bits per heavy atom. The molecule has 3 aliphatic rings. The van der Waals surface area contributed by atoms with E-state index in [0.29, 0.717) is 29.6 Å². The molecule has 1 N–H and O–H groups in total. The molecule has 0 radical (unpaired) electrons. The molecule has 3 saturated heterocycles. The quantitative estimate of drug-likeness (QED) is 0.681. The van der Waals surface area contributed by atoms with Crippen molar-refractivity contribution < 1.29 is 13.5 Å². The van der Waals surface area contributed by atoms with E-state index in [0.717, 1.165) is 31.7 Å². The fourth-order valence-corrected chi connectivity index (χ4v) is 4.37. The van der Waals surface area contributed by atoms with E-state index in [-0.39, 0.29) is 6.54 Å². The van der Waals surface area contributed by atoms with Crippen molar-refractivity contribution in [3.05, 3.63) is 35.4 Å². The standard InChI is InChI=1S/C18H23F2N3O/c1-2-21-18(22-8-11-3-4-12(19)7-15(11)20)23-9-13-14(10-23)17-6-5-16(13)24-17/h3-4,7,13-14,16-17H,2,5-6,8-10H2,1H3,(H,21,22). The molecule has 3 aliphatic heterocycles. The summed E-state index contributed by atoms with van der Waals surface area (Å²) in [5.41, 5.74) is 0.412. The minimum atomic E-state index is -0.560. The first kappa shape index (κ1) is 15.8. The number of likely N-dealkylation sites (tertiary alicyclic amines) is 1. The molecule has 4 rings (SSSR count). The van der Waals surface area contributed by atoms with Gasteiger partial charge >= 0.3 is 0 Å². The van der Waals surface area contributed by atoms with Gasteiger partial charge in [0.2, 0.25) is 0 Å². The van der Waals surface area contributed by atoms with Crippen molar-refractivity contribution in [2.75, 3.05) is 19.6 Å². The molecule has 4 nitrogen and oxygen atoms in total. The van der Waals surface area contributed by atoms with Crippen molar-refractivity contribution in [3.63, 3.8) is 0 Å². The van der Waals surface area contributed by atoms with E-state index in [9.17, 15) is 8.78 Å². The van der Waals surface area contributed by atoms with Gasteiger partial charge in [-0.1, -0.05) is 6.07 Å². The van der Waals surface area contributed by atoms with Crippen molar-refractivity contribution in [2.45, 2.75) is 38.5 Å². The van der Waals surface area contributed by atoms with Crippen LogP contribution in [0.15, 0.2) is 23.2 Å². The second kappa shape index (κ2) is 6.31. The molecule has 0 aliphatic carbocycles. The monoisotopic (exact) mass is 335 g/mol. The van der Waals surface area contributed by atoms with Crippen molar-refractivity contribution in [1.29, 1.82) is 0 Å². The Balaban J connectivity index is 1.48. The van der Waals surface area contributed by atoms with E-state index < -0.39 is 11.6 Å². The summed E-state index contributed by atoms with van der Waals surface area (Å²) in [4.78, 5) is 6.85. The van der Waals surface area contributed by atoms with Gasteiger partial charge in [-0.3, -0.25) is 0 Å². The second-order valence-electron chi connectivity index (χ2n) is 6.93. The summed E-state index contributed by atoms with van der Waals surface area (Å²) in [6.45, 7) is 4.90. The molecule has 0 aromatic heterocycles. The predicted molar refractivity (Wildman–Crippen MR) is 87.6 cm³/mol. The van der Waals surface area contributed by atoms with Crippen molar-refractivity contribution in [2.24, 2.45) is 16.8 Å². The summed E-state index contributed by atoms with van der Waals surface area (Å²) in [6, 6.07) is 3.65. The summed E-state index contributed by atoms with van der Waals surface area (Å²) >= 11 is 0. The highest BCUT2D eigenvalue weighted by atomic mass is 19.1. The lowest BCUT2D eigenvalue weighted by Crippen LogP contribution is -2.41. The first-order valence-electron chi connectivity index (χ1n) is 8.78. The third-order valence-corrected chi connectivity index (χ3v) is 5.50. The Hall–Kier alpha value is -1.69. The number of halogens is 2. The van der Waals surface area contributed by atoms with Gasteiger partial charge in [0.25, 0.3) is 0 Å². The van der Waals surface area contributed by atoms with Crippen molar-refractivity contribution in [1.82, 2.24) is 10.2 Å². The first-order chi connectivity index (χ1) is 11.7. The van der Waals surface area contributed by atoms with Gasteiger partial charge in [-0.2, -0.15) is 0 Å². The highest BCUT2D eigenvalue weighted by Crippen LogP contribution is 2.47. The third kappa shape index (κ3) is 2.77. The fourth-order valence-electron chi connectivity index (χ4n) is 4.37. The molecule has 0 spiro atoms. The lowest BCUT2D eigenvalue weighted by molar-refractivity contribution is 0.0767. The zero-order chi connectivity index (χ0) is 16.7. The number of hydrogen-bond donors (Lipinski definition) is 1. The van der Waals surface area contributed by atoms with Crippen LogP contribution in [-0.4, -0.2) is 42.7 Å². The van der Waals surface area contributed by atoms with Crippen LogP contribution < -0.4 is 5.32 Å². The Morgan fingerprint density at radius 3 is 2.58 bits per heavy atom. The minimum absolute atomic E-state index is 0.212. The van der Waals surface area contributed by atoms with Crippen LogP contribution in [0.5, 0.6) is 0 Å². The molecule has 1 aromatic rings. The molecule has 1 aromatic carbocycles. The number of benzene rings is 1. The number of rotatable bonds is 3. The highest BCUT2D eigenvalue weighted by Gasteiger charge is 2.53. The van der Waals surface area contributed by atoms with Gasteiger partial charge in [-0.15, -0.1) is 0 Å². The normalized spacial score (nSPS) is 31.6. The molecule has 2 bridgehead atoms. The number of nitrogens with zero attached hydrogens (tertiary/aromatic N) is 2. The molecular weight excluding hydrogens is 312 g/mol. The number of aliphatic imine (C=N–C) groups is 1. The summed E-state index contributed by atoms with van der Waals surface area (Å²) in [5, 5.41) is 3.30. The van der Waals surface area contributed by atoms with Gasteiger partial charge in [-0.05, 0) is 25.8 Å². The summed E-state index contributed by atoms with van der Waals surface area (Å²) in [5.74, 6) is 0.898. The first-order valence-corrected chi connectivity index (χ1v) is 8.78. The zero-order valence-electron chi connectivity index (χ0n) is 13.8.